The first kappa shape index (κ1) is 20.6. The number of nitrogens with two attached hydrogens (primary N) is 1. The topological polar surface area (TPSA) is 92.5 Å². The van der Waals surface area contributed by atoms with E-state index in [1.165, 1.54) is 25.7 Å². The number of nitrogens with zero attached hydrogens (tertiary/aromatic N) is 1. The first-order chi connectivity index (χ1) is 13.4. The number of carbonyl (C=O) groups excluding carboxylic acids is 3. The number of hydrogen-bond acceptors (Lipinski definition) is 3. The number of rotatable bonds is 8. The number of amides is 3. The Labute approximate surface area is 170 Å². The molecule has 0 aromatic heterocycles. The quantitative estimate of drug-likeness (QED) is 0.696. The molecule has 6 nitrogen and oxygen atoms in total. The lowest BCUT2D eigenvalue weighted by molar-refractivity contribution is -0.128. The summed E-state index contributed by atoms with van der Waals surface area (Å²) >= 11 is 6.09. The summed E-state index contributed by atoms with van der Waals surface area (Å²) in [5, 5.41) is 3.41. The molecule has 3 rings (SSSR count). The van der Waals surface area contributed by atoms with Crippen LogP contribution in [0.3, 0.4) is 0 Å². The molecule has 3 N–H and O–H groups in total. The van der Waals surface area contributed by atoms with Gasteiger partial charge in [-0.2, -0.15) is 0 Å². The fourth-order valence-electron chi connectivity index (χ4n) is 4.21. The van der Waals surface area contributed by atoms with Crippen LogP contribution in [0.4, 0.5) is 5.69 Å². The second-order valence-corrected chi connectivity index (χ2v) is 8.26. The van der Waals surface area contributed by atoms with Gasteiger partial charge in [0.1, 0.15) is 6.04 Å². The molecule has 2 aliphatic rings. The first-order valence-electron chi connectivity index (χ1n) is 10.1. The minimum absolute atomic E-state index is 0.0511. The van der Waals surface area contributed by atoms with Crippen molar-refractivity contribution in [3.8, 4) is 0 Å². The van der Waals surface area contributed by atoms with Crippen molar-refractivity contribution in [3.63, 3.8) is 0 Å². The molecule has 1 heterocycles. The molecule has 1 saturated carbocycles. The molecule has 7 heteroatoms. The Hall–Kier alpha value is -2.08. The van der Waals surface area contributed by atoms with Gasteiger partial charge in [-0.1, -0.05) is 43.4 Å². The van der Waals surface area contributed by atoms with E-state index in [2.05, 4.69) is 5.32 Å². The molecule has 1 atom stereocenters. The minimum atomic E-state index is -0.756. The second-order valence-electron chi connectivity index (χ2n) is 7.83. The van der Waals surface area contributed by atoms with E-state index in [1.807, 2.05) is 12.1 Å². The van der Waals surface area contributed by atoms with E-state index in [0.717, 1.165) is 24.1 Å². The molecule has 1 aromatic rings. The number of halogens is 1. The zero-order valence-corrected chi connectivity index (χ0v) is 16.8. The lowest BCUT2D eigenvalue weighted by Gasteiger charge is -2.25. The highest BCUT2D eigenvalue weighted by Gasteiger charge is 2.31. The number of benzene rings is 1. The summed E-state index contributed by atoms with van der Waals surface area (Å²) in [4.78, 5) is 38.5. The number of anilines is 1. The zero-order valence-electron chi connectivity index (χ0n) is 16.1. The van der Waals surface area contributed by atoms with Crippen LogP contribution in [0.25, 0.3) is 0 Å². The highest BCUT2D eigenvalue weighted by Crippen LogP contribution is 2.32. The number of nitrogens with one attached hydrogen (secondary N) is 1. The first-order valence-corrected chi connectivity index (χ1v) is 10.5. The van der Waals surface area contributed by atoms with Crippen molar-refractivity contribution in [1.82, 2.24) is 5.32 Å². The standard InChI is InChI=1S/C21H28ClN3O3/c22-16-7-6-15-11-12-25(18(15)13-16)21(28)17(8-9-19(23)26)24-20(27)10-5-14-3-1-2-4-14/h6-7,13-14,17H,1-5,8-12H2,(H2,23,26)(H,24,27). The van der Waals surface area contributed by atoms with E-state index >= 15 is 0 Å². The predicted molar refractivity (Wildman–Crippen MR) is 109 cm³/mol. The van der Waals surface area contributed by atoms with E-state index in [4.69, 9.17) is 17.3 Å². The molecule has 3 amide bonds. The van der Waals surface area contributed by atoms with Crippen LogP contribution in [-0.2, 0) is 20.8 Å². The molecule has 0 bridgehead atoms. The number of fused-ring (bicyclic) bond motifs is 1. The van der Waals surface area contributed by atoms with Crippen molar-refractivity contribution < 1.29 is 14.4 Å². The molecule has 152 valence electrons. The van der Waals surface area contributed by atoms with Gasteiger partial charge in [0.2, 0.25) is 17.7 Å². The third kappa shape index (κ3) is 5.25. The van der Waals surface area contributed by atoms with Crippen molar-refractivity contribution in [2.45, 2.75) is 63.8 Å². The Balaban J connectivity index is 1.65. The Morgan fingerprint density at radius 3 is 2.68 bits per heavy atom. The third-order valence-corrected chi connectivity index (χ3v) is 6.01. The zero-order chi connectivity index (χ0) is 20.1. The van der Waals surface area contributed by atoms with E-state index < -0.39 is 11.9 Å². The van der Waals surface area contributed by atoms with Gasteiger partial charge in [-0.3, -0.25) is 14.4 Å². The average Bonchev–Trinajstić information content (AvgIpc) is 3.32. The van der Waals surface area contributed by atoms with Crippen molar-refractivity contribution in [2.24, 2.45) is 11.7 Å². The predicted octanol–water partition coefficient (Wildman–Crippen LogP) is 2.95. The maximum Gasteiger partial charge on any atom is 0.249 e. The number of primary amides is 1. The van der Waals surface area contributed by atoms with E-state index in [1.54, 1.807) is 11.0 Å². The summed E-state index contributed by atoms with van der Waals surface area (Å²) in [5.74, 6) is -0.224. The molecule has 1 fully saturated rings. The molecule has 0 spiro atoms. The Morgan fingerprint density at radius 2 is 1.96 bits per heavy atom. The summed E-state index contributed by atoms with van der Waals surface area (Å²) in [6.45, 7) is 0.541. The van der Waals surface area contributed by atoms with E-state index in [-0.39, 0.29) is 24.7 Å². The number of hydrogen-bond donors (Lipinski definition) is 2. The summed E-state index contributed by atoms with van der Waals surface area (Å²) < 4.78 is 0. The molecular weight excluding hydrogens is 378 g/mol. The molecular formula is C21H28ClN3O3. The van der Waals surface area contributed by atoms with E-state index in [9.17, 15) is 14.4 Å². The SMILES string of the molecule is NC(=O)CCC(NC(=O)CCC1CCCC1)C(=O)N1CCc2ccc(Cl)cc21. The summed E-state index contributed by atoms with van der Waals surface area (Å²) in [6, 6.07) is 4.75. The van der Waals surface area contributed by atoms with Crippen LogP contribution in [0, 0.1) is 5.92 Å². The summed E-state index contributed by atoms with van der Waals surface area (Å²) in [7, 11) is 0. The molecule has 28 heavy (non-hydrogen) atoms. The maximum atomic E-state index is 13.1. The highest BCUT2D eigenvalue weighted by atomic mass is 35.5. The van der Waals surface area contributed by atoms with Gasteiger partial charge in [-0.05, 0) is 42.9 Å². The van der Waals surface area contributed by atoms with Gasteiger partial charge in [0.15, 0.2) is 0 Å². The van der Waals surface area contributed by atoms with Crippen LogP contribution in [-0.4, -0.2) is 30.3 Å². The minimum Gasteiger partial charge on any atom is -0.370 e. The fourth-order valence-corrected chi connectivity index (χ4v) is 4.38. The third-order valence-electron chi connectivity index (χ3n) is 5.78. The van der Waals surface area contributed by atoms with Gasteiger partial charge in [0.25, 0.3) is 0 Å². The van der Waals surface area contributed by atoms with Gasteiger partial charge in [0, 0.05) is 30.1 Å². The molecule has 1 aromatic carbocycles. The Morgan fingerprint density at radius 1 is 1.21 bits per heavy atom. The molecule has 0 radical (unpaired) electrons. The lowest BCUT2D eigenvalue weighted by atomic mass is 10.0. The fraction of sp³-hybridized carbons (Fsp3) is 0.571. The van der Waals surface area contributed by atoms with Crippen LogP contribution in [0.15, 0.2) is 18.2 Å². The molecule has 1 aliphatic heterocycles. The van der Waals surface area contributed by atoms with Crippen molar-refractivity contribution in [2.75, 3.05) is 11.4 Å². The summed E-state index contributed by atoms with van der Waals surface area (Å²) in [6.07, 6.45) is 7.11. The van der Waals surface area contributed by atoms with Gasteiger partial charge >= 0.3 is 0 Å². The highest BCUT2D eigenvalue weighted by molar-refractivity contribution is 6.31. The average molecular weight is 406 g/mol. The Bertz CT molecular complexity index is 746. The molecule has 0 saturated heterocycles. The van der Waals surface area contributed by atoms with Gasteiger partial charge in [-0.15, -0.1) is 0 Å². The van der Waals surface area contributed by atoms with Crippen LogP contribution in [0.2, 0.25) is 5.02 Å². The van der Waals surface area contributed by atoms with Gasteiger partial charge in [0.05, 0.1) is 0 Å². The molecule has 1 aliphatic carbocycles. The van der Waals surface area contributed by atoms with Crippen LogP contribution in [0.1, 0.15) is 56.9 Å². The second kappa shape index (κ2) is 9.41. The van der Waals surface area contributed by atoms with Crippen molar-refractivity contribution in [3.05, 3.63) is 28.8 Å². The monoisotopic (exact) mass is 405 g/mol. The largest absolute Gasteiger partial charge is 0.370 e. The lowest BCUT2D eigenvalue weighted by Crippen LogP contribution is -2.48. The van der Waals surface area contributed by atoms with Crippen molar-refractivity contribution >= 4 is 35.0 Å². The van der Waals surface area contributed by atoms with Crippen molar-refractivity contribution in [1.29, 1.82) is 0 Å². The van der Waals surface area contributed by atoms with Crippen LogP contribution in [0.5, 0.6) is 0 Å². The van der Waals surface area contributed by atoms with Gasteiger partial charge in [-0.25, -0.2) is 0 Å². The van der Waals surface area contributed by atoms with Crippen LogP contribution >= 0.6 is 11.6 Å². The van der Waals surface area contributed by atoms with Crippen LogP contribution < -0.4 is 16.0 Å². The summed E-state index contributed by atoms with van der Waals surface area (Å²) in [5.41, 5.74) is 7.10. The maximum absolute atomic E-state index is 13.1. The molecule has 1 unspecified atom stereocenters. The van der Waals surface area contributed by atoms with E-state index in [0.29, 0.717) is 23.9 Å². The normalized spacial score (nSPS) is 17.4. The van der Waals surface area contributed by atoms with Gasteiger partial charge < -0.3 is 16.0 Å². The Kier molecular flexibility index (Phi) is 6.94. The smallest absolute Gasteiger partial charge is 0.249 e. The number of carbonyl (C=O) groups is 3.